The van der Waals surface area contributed by atoms with Crippen LogP contribution in [0.15, 0.2) is 83.9 Å². The number of carbonyl (C=O) groups excluding carboxylic acids is 1. The van der Waals surface area contributed by atoms with Gasteiger partial charge in [0.25, 0.3) is 0 Å². The van der Waals surface area contributed by atoms with Crippen molar-refractivity contribution in [2.75, 3.05) is 6.61 Å². The van der Waals surface area contributed by atoms with Crippen LogP contribution in [0.25, 0.3) is 0 Å². The minimum absolute atomic E-state index is 0.0808. The minimum atomic E-state index is -0.392. The van der Waals surface area contributed by atoms with E-state index >= 15 is 0 Å². The lowest BCUT2D eigenvalue weighted by Crippen LogP contribution is -2.08. The molecule has 0 bridgehead atoms. The molecule has 3 rings (SSSR count). The topological polar surface area (TPSA) is 47.9 Å². The van der Waals surface area contributed by atoms with Crippen molar-refractivity contribution >= 4 is 12.2 Å². The second-order valence-electron chi connectivity index (χ2n) is 7.40. The summed E-state index contributed by atoms with van der Waals surface area (Å²) in [6.45, 7) is 4.91. The highest BCUT2D eigenvalue weighted by Gasteiger charge is 2.09. The van der Waals surface area contributed by atoms with Gasteiger partial charge in [0.15, 0.2) is 0 Å². The van der Waals surface area contributed by atoms with Gasteiger partial charge in [-0.1, -0.05) is 50.1 Å². The van der Waals surface area contributed by atoms with Crippen LogP contribution in [0.1, 0.15) is 60.6 Å². The number of esters is 1. The van der Waals surface area contributed by atoms with Gasteiger partial charge in [0.05, 0.1) is 18.2 Å². The van der Waals surface area contributed by atoms with Crippen molar-refractivity contribution in [3.8, 4) is 11.5 Å². The Balaban J connectivity index is 1.52. The second kappa shape index (κ2) is 11.7. The molecule has 3 aromatic carbocycles. The fourth-order valence-electron chi connectivity index (χ4n) is 3.03. The molecule has 0 radical (unpaired) electrons. The maximum atomic E-state index is 12.4. The second-order valence-corrected chi connectivity index (χ2v) is 7.40. The molecule has 0 heterocycles. The molecule has 3 aromatic rings. The van der Waals surface area contributed by atoms with Gasteiger partial charge in [-0.15, -0.1) is 0 Å². The average molecular weight is 416 g/mol. The Hall–Kier alpha value is -3.40. The van der Waals surface area contributed by atoms with Gasteiger partial charge in [-0.05, 0) is 73.0 Å². The summed E-state index contributed by atoms with van der Waals surface area (Å²) in [5.41, 5.74) is 2.61. The first kappa shape index (κ1) is 22.3. The van der Waals surface area contributed by atoms with E-state index in [2.05, 4.69) is 31.0 Å². The Morgan fingerprint density at radius 1 is 0.903 bits per heavy atom. The maximum Gasteiger partial charge on any atom is 0.343 e. The molecular formula is C27H29NO3. The van der Waals surface area contributed by atoms with Crippen molar-refractivity contribution in [1.29, 1.82) is 0 Å². The van der Waals surface area contributed by atoms with E-state index in [0.29, 0.717) is 17.9 Å². The molecule has 0 aliphatic rings. The van der Waals surface area contributed by atoms with Gasteiger partial charge >= 0.3 is 5.97 Å². The van der Waals surface area contributed by atoms with Crippen LogP contribution in [-0.4, -0.2) is 18.8 Å². The molecule has 0 saturated carbocycles. The number of rotatable bonds is 10. The maximum absolute atomic E-state index is 12.4. The van der Waals surface area contributed by atoms with E-state index in [1.54, 1.807) is 36.4 Å². The lowest BCUT2D eigenvalue weighted by atomic mass is 10.1. The monoisotopic (exact) mass is 415 g/mol. The largest absolute Gasteiger partial charge is 0.494 e. The van der Waals surface area contributed by atoms with Crippen LogP contribution in [0.4, 0.5) is 0 Å². The van der Waals surface area contributed by atoms with Gasteiger partial charge in [0, 0.05) is 6.21 Å². The summed E-state index contributed by atoms with van der Waals surface area (Å²) in [6.07, 6.45) is 5.19. The Kier molecular flexibility index (Phi) is 8.41. The highest BCUT2D eigenvalue weighted by Crippen LogP contribution is 2.18. The van der Waals surface area contributed by atoms with Crippen LogP contribution in [-0.2, 0) is 0 Å². The zero-order valence-corrected chi connectivity index (χ0v) is 18.2. The standard InChI is InChI=1S/C27H29NO3/c1-3-4-8-19-30-25-17-13-24(14-18-25)27(29)31-26-15-11-22(12-16-26)20-28-21(2)23-9-6-5-7-10-23/h5-7,9-18,20-21H,3-4,8,19H2,1-2H3. The molecule has 0 aliphatic carbocycles. The number of hydrogen-bond donors (Lipinski definition) is 0. The number of ether oxygens (including phenoxy) is 2. The van der Waals surface area contributed by atoms with Crippen molar-refractivity contribution in [1.82, 2.24) is 0 Å². The van der Waals surface area contributed by atoms with E-state index in [4.69, 9.17) is 9.47 Å². The van der Waals surface area contributed by atoms with Gasteiger partial charge in [-0.25, -0.2) is 4.79 Å². The van der Waals surface area contributed by atoms with Gasteiger partial charge < -0.3 is 9.47 Å². The fourth-order valence-corrected chi connectivity index (χ4v) is 3.03. The molecule has 4 heteroatoms. The van der Waals surface area contributed by atoms with E-state index in [1.165, 1.54) is 5.56 Å². The van der Waals surface area contributed by atoms with Crippen LogP contribution >= 0.6 is 0 Å². The van der Waals surface area contributed by atoms with Crippen molar-refractivity contribution < 1.29 is 14.3 Å². The third-order valence-corrected chi connectivity index (χ3v) is 4.93. The van der Waals surface area contributed by atoms with Crippen molar-refractivity contribution in [2.45, 2.75) is 39.2 Å². The van der Waals surface area contributed by atoms with Crippen molar-refractivity contribution in [3.05, 3.63) is 95.6 Å². The van der Waals surface area contributed by atoms with Crippen LogP contribution in [0.2, 0.25) is 0 Å². The first-order valence-corrected chi connectivity index (χ1v) is 10.8. The number of hydrogen-bond acceptors (Lipinski definition) is 4. The molecule has 0 aromatic heterocycles. The molecule has 0 saturated heterocycles. The third-order valence-electron chi connectivity index (χ3n) is 4.93. The molecule has 31 heavy (non-hydrogen) atoms. The summed E-state index contributed by atoms with van der Waals surface area (Å²) in [5.74, 6) is 0.871. The predicted molar refractivity (Wildman–Crippen MR) is 125 cm³/mol. The molecular weight excluding hydrogens is 386 g/mol. The Morgan fingerprint density at radius 3 is 2.26 bits per heavy atom. The molecule has 160 valence electrons. The number of benzene rings is 3. The van der Waals surface area contributed by atoms with Crippen LogP contribution < -0.4 is 9.47 Å². The summed E-state index contributed by atoms with van der Waals surface area (Å²) in [4.78, 5) is 17.0. The number of carbonyl (C=O) groups is 1. The van der Waals surface area contributed by atoms with Gasteiger partial charge in [0.2, 0.25) is 0 Å². The van der Waals surface area contributed by atoms with E-state index in [0.717, 1.165) is 30.6 Å². The quantitative estimate of drug-likeness (QED) is 0.161. The van der Waals surface area contributed by atoms with Crippen molar-refractivity contribution in [2.24, 2.45) is 4.99 Å². The Bertz CT molecular complexity index is 964. The third kappa shape index (κ3) is 7.10. The van der Waals surface area contributed by atoms with Crippen molar-refractivity contribution in [3.63, 3.8) is 0 Å². The van der Waals surface area contributed by atoms with E-state index in [9.17, 15) is 4.79 Å². The van der Waals surface area contributed by atoms with Crippen LogP contribution in [0, 0.1) is 0 Å². The van der Waals surface area contributed by atoms with Gasteiger partial charge in [-0.2, -0.15) is 0 Å². The molecule has 0 N–H and O–H groups in total. The van der Waals surface area contributed by atoms with Gasteiger partial charge in [0.1, 0.15) is 11.5 Å². The highest BCUT2D eigenvalue weighted by molar-refractivity contribution is 5.91. The average Bonchev–Trinajstić information content (AvgIpc) is 2.82. The summed E-state index contributed by atoms with van der Waals surface area (Å²) < 4.78 is 11.2. The summed E-state index contributed by atoms with van der Waals surface area (Å²) in [5, 5.41) is 0. The molecule has 1 unspecified atom stereocenters. The predicted octanol–water partition coefficient (Wildman–Crippen LogP) is 6.65. The van der Waals surface area contributed by atoms with Gasteiger partial charge in [-0.3, -0.25) is 4.99 Å². The number of nitrogens with zero attached hydrogens (tertiary/aromatic N) is 1. The number of aliphatic imine (C=N–C) groups is 1. The Morgan fingerprint density at radius 2 is 1.58 bits per heavy atom. The minimum Gasteiger partial charge on any atom is -0.494 e. The molecule has 0 aliphatic heterocycles. The first-order chi connectivity index (χ1) is 15.2. The van der Waals surface area contributed by atoms with E-state index < -0.39 is 5.97 Å². The zero-order valence-electron chi connectivity index (χ0n) is 18.2. The highest BCUT2D eigenvalue weighted by atomic mass is 16.5. The smallest absolute Gasteiger partial charge is 0.343 e. The molecule has 4 nitrogen and oxygen atoms in total. The summed E-state index contributed by atoms with van der Waals surface area (Å²) in [7, 11) is 0. The molecule has 0 fully saturated rings. The lowest BCUT2D eigenvalue weighted by molar-refractivity contribution is 0.0734. The van der Waals surface area contributed by atoms with E-state index in [1.807, 2.05) is 36.5 Å². The lowest BCUT2D eigenvalue weighted by Gasteiger charge is -2.08. The Labute approximate surface area is 184 Å². The van der Waals surface area contributed by atoms with Crippen LogP contribution in [0.5, 0.6) is 11.5 Å². The summed E-state index contributed by atoms with van der Waals surface area (Å²) in [6, 6.07) is 24.6. The zero-order chi connectivity index (χ0) is 21.9. The van der Waals surface area contributed by atoms with E-state index in [-0.39, 0.29) is 6.04 Å². The van der Waals surface area contributed by atoms with Crippen LogP contribution in [0.3, 0.4) is 0 Å². The normalized spacial score (nSPS) is 11.9. The fraction of sp³-hybridized carbons (Fsp3) is 0.259. The SMILES string of the molecule is CCCCCOc1ccc(C(=O)Oc2ccc(C=NC(C)c3ccccc3)cc2)cc1. The molecule has 0 spiro atoms. The first-order valence-electron chi connectivity index (χ1n) is 10.8. The summed E-state index contributed by atoms with van der Waals surface area (Å²) >= 11 is 0. The molecule has 0 amide bonds. The molecule has 1 atom stereocenters. The number of unbranched alkanes of at least 4 members (excludes halogenated alkanes) is 2.